The molecule has 4 rings (SSSR count). The molecule has 0 amide bonds. The fraction of sp³-hybridized carbons (Fsp3) is 0.733. The maximum absolute atomic E-state index is 13.5. The first-order chi connectivity index (χ1) is 15.5. The van der Waals surface area contributed by atoms with Crippen molar-refractivity contribution in [1.82, 2.24) is 0 Å². The summed E-state index contributed by atoms with van der Waals surface area (Å²) in [6.45, 7) is 15.6. The summed E-state index contributed by atoms with van der Waals surface area (Å²) in [6.07, 6.45) is 13.9. The first kappa shape index (κ1) is 24.5. The Kier molecular flexibility index (Phi) is 6.57. The van der Waals surface area contributed by atoms with Gasteiger partial charge in [0.25, 0.3) is 0 Å². The molecule has 0 N–H and O–H groups in total. The van der Waals surface area contributed by atoms with Gasteiger partial charge in [0, 0.05) is 24.3 Å². The Hall–Kier alpha value is -1.64. The maximum atomic E-state index is 13.5. The number of fused-ring (bicyclic) bond motifs is 4. The van der Waals surface area contributed by atoms with Crippen LogP contribution in [0.3, 0.4) is 0 Å². The highest BCUT2D eigenvalue weighted by molar-refractivity contribution is 6.07. The number of esters is 1. The summed E-state index contributed by atoms with van der Waals surface area (Å²) in [5.41, 5.74) is 3.95. The zero-order chi connectivity index (χ0) is 24.1. The van der Waals surface area contributed by atoms with Crippen molar-refractivity contribution in [3.63, 3.8) is 0 Å². The van der Waals surface area contributed by atoms with E-state index < -0.39 is 0 Å². The third kappa shape index (κ3) is 4.19. The van der Waals surface area contributed by atoms with Crippen LogP contribution in [0, 0.1) is 40.4 Å². The Morgan fingerprint density at radius 3 is 2.48 bits per heavy atom. The maximum Gasteiger partial charge on any atom is 0.302 e. The predicted octanol–water partition coefficient (Wildman–Crippen LogP) is 7.22. The summed E-state index contributed by atoms with van der Waals surface area (Å²) in [6, 6.07) is 0. The second-order valence-electron chi connectivity index (χ2n) is 12.3. The van der Waals surface area contributed by atoms with Crippen molar-refractivity contribution in [3.05, 3.63) is 34.9 Å². The van der Waals surface area contributed by atoms with E-state index in [2.05, 4.69) is 53.7 Å². The Balaban J connectivity index is 1.58. The monoisotopic (exact) mass is 452 g/mol. The molecule has 4 aliphatic rings. The quantitative estimate of drug-likeness (QED) is 0.326. The molecule has 7 unspecified atom stereocenters. The van der Waals surface area contributed by atoms with Gasteiger partial charge in [0.05, 0.1) is 0 Å². The van der Waals surface area contributed by atoms with E-state index in [4.69, 9.17) is 4.74 Å². The summed E-state index contributed by atoms with van der Waals surface area (Å²) < 4.78 is 5.52. The number of rotatable bonds is 5. The van der Waals surface area contributed by atoms with Gasteiger partial charge in [-0.3, -0.25) is 9.59 Å². The first-order valence-electron chi connectivity index (χ1n) is 13.3. The highest BCUT2D eigenvalue weighted by Crippen LogP contribution is 2.64. The molecule has 2 fully saturated rings. The average molecular weight is 453 g/mol. The SMILES string of the molecule is CC(=O)OC1CCC2(C)C(=CC(=O)C3=C2CCC2(C)C3CCC2C(C)C=CC(C)C(C)C)C1. The highest BCUT2D eigenvalue weighted by atomic mass is 16.5. The predicted molar refractivity (Wildman–Crippen MR) is 133 cm³/mol. The molecule has 4 aliphatic carbocycles. The van der Waals surface area contributed by atoms with Crippen LogP contribution in [0.2, 0.25) is 0 Å². The van der Waals surface area contributed by atoms with Gasteiger partial charge in [0.1, 0.15) is 6.10 Å². The summed E-state index contributed by atoms with van der Waals surface area (Å²) in [5.74, 6) is 2.86. The van der Waals surface area contributed by atoms with Gasteiger partial charge in [0.15, 0.2) is 5.78 Å². The molecule has 0 aromatic heterocycles. The Labute approximate surface area is 201 Å². The fourth-order valence-electron chi connectivity index (χ4n) is 7.62. The highest BCUT2D eigenvalue weighted by Gasteiger charge is 2.56. The molecular formula is C30H44O3. The molecular weight excluding hydrogens is 408 g/mol. The van der Waals surface area contributed by atoms with Gasteiger partial charge in [-0.1, -0.05) is 64.8 Å². The summed E-state index contributed by atoms with van der Waals surface area (Å²) in [5, 5.41) is 0. The van der Waals surface area contributed by atoms with Gasteiger partial charge in [-0.2, -0.15) is 0 Å². The molecule has 0 saturated heterocycles. The van der Waals surface area contributed by atoms with Gasteiger partial charge in [-0.15, -0.1) is 0 Å². The molecule has 182 valence electrons. The van der Waals surface area contributed by atoms with E-state index in [0.29, 0.717) is 36.0 Å². The zero-order valence-electron chi connectivity index (χ0n) is 21.9. The third-order valence-electron chi connectivity index (χ3n) is 10.1. The Morgan fingerprint density at radius 1 is 1.09 bits per heavy atom. The topological polar surface area (TPSA) is 43.4 Å². The second kappa shape index (κ2) is 8.86. The first-order valence-corrected chi connectivity index (χ1v) is 13.3. The van der Waals surface area contributed by atoms with Crippen LogP contribution in [-0.2, 0) is 14.3 Å². The number of ether oxygens (including phenoxy) is 1. The number of hydrogen-bond donors (Lipinski definition) is 0. The second-order valence-corrected chi connectivity index (χ2v) is 12.3. The van der Waals surface area contributed by atoms with Crippen LogP contribution in [0.5, 0.6) is 0 Å². The molecule has 0 spiro atoms. The van der Waals surface area contributed by atoms with E-state index in [1.165, 1.54) is 30.9 Å². The lowest BCUT2D eigenvalue weighted by Crippen LogP contribution is -2.44. The van der Waals surface area contributed by atoms with Crippen LogP contribution in [0.15, 0.2) is 34.9 Å². The molecule has 2 saturated carbocycles. The zero-order valence-corrected chi connectivity index (χ0v) is 21.9. The van der Waals surface area contributed by atoms with Crippen LogP contribution < -0.4 is 0 Å². The van der Waals surface area contributed by atoms with Gasteiger partial charge >= 0.3 is 5.97 Å². The van der Waals surface area contributed by atoms with Crippen molar-refractivity contribution in [2.45, 2.75) is 99.5 Å². The van der Waals surface area contributed by atoms with Crippen LogP contribution in [0.4, 0.5) is 0 Å². The van der Waals surface area contributed by atoms with Crippen LogP contribution in [0.25, 0.3) is 0 Å². The van der Waals surface area contributed by atoms with Crippen LogP contribution >= 0.6 is 0 Å². The number of carbonyl (C=O) groups excluding carboxylic acids is 2. The van der Waals surface area contributed by atoms with Crippen molar-refractivity contribution in [3.8, 4) is 0 Å². The Bertz CT molecular complexity index is 906. The smallest absolute Gasteiger partial charge is 0.302 e. The van der Waals surface area contributed by atoms with Crippen molar-refractivity contribution in [1.29, 1.82) is 0 Å². The van der Waals surface area contributed by atoms with Crippen LogP contribution in [-0.4, -0.2) is 17.9 Å². The molecule has 0 bridgehead atoms. The molecule has 0 aliphatic heterocycles. The lowest BCUT2D eigenvalue weighted by atomic mass is 9.53. The number of ketones is 1. The van der Waals surface area contributed by atoms with Crippen molar-refractivity contribution < 1.29 is 14.3 Å². The van der Waals surface area contributed by atoms with E-state index in [1.807, 2.05) is 6.08 Å². The molecule has 0 radical (unpaired) electrons. The minimum absolute atomic E-state index is 0.0302. The molecule has 7 atom stereocenters. The van der Waals surface area contributed by atoms with E-state index in [-0.39, 0.29) is 28.7 Å². The third-order valence-corrected chi connectivity index (χ3v) is 10.1. The molecule has 3 heteroatoms. The number of hydrogen-bond acceptors (Lipinski definition) is 3. The Morgan fingerprint density at radius 2 is 1.82 bits per heavy atom. The molecule has 0 aromatic carbocycles. The van der Waals surface area contributed by atoms with Crippen molar-refractivity contribution in [2.24, 2.45) is 40.4 Å². The fourth-order valence-corrected chi connectivity index (χ4v) is 7.62. The molecule has 0 heterocycles. The van der Waals surface area contributed by atoms with E-state index in [0.717, 1.165) is 31.3 Å². The van der Waals surface area contributed by atoms with Crippen LogP contribution in [0.1, 0.15) is 93.4 Å². The van der Waals surface area contributed by atoms with Gasteiger partial charge in [-0.05, 0) is 79.6 Å². The molecule has 33 heavy (non-hydrogen) atoms. The van der Waals surface area contributed by atoms with E-state index in [9.17, 15) is 9.59 Å². The lowest BCUT2D eigenvalue weighted by molar-refractivity contribution is -0.147. The van der Waals surface area contributed by atoms with Gasteiger partial charge < -0.3 is 4.74 Å². The van der Waals surface area contributed by atoms with Crippen molar-refractivity contribution >= 4 is 11.8 Å². The minimum Gasteiger partial charge on any atom is -0.462 e. The summed E-state index contributed by atoms with van der Waals surface area (Å²) in [7, 11) is 0. The summed E-state index contributed by atoms with van der Waals surface area (Å²) in [4.78, 5) is 25.0. The summed E-state index contributed by atoms with van der Waals surface area (Å²) >= 11 is 0. The number of carbonyl (C=O) groups is 2. The minimum atomic E-state index is -0.220. The number of allylic oxidation sites excluding steroid dienone is 5. The lowest BCUT2D eigenvalue weighted by Gasteiger charge is -2.51. The average Bonchev–Trinajstić information content (AvgIpc) is 3.09. The van der Waals surface area contributed by atoms with Gasteiger partial charge in [-0.25, -0.2) is 0 Å². The van der Waals surface area contributed by atoms with E-state index in [1.54, 1.807) is 0 Å². The normalized spacial score (nSPS) is 38.0. The van der Waals surface area contributed by atoms with E-state index >= 15 is 0 Å². The van der Waals surface area contributed by atoms with Crippen molar-refractivity contribution in [2.75, 3.05) is 0 Å². The largest absolute Gasteiger partial charge is 0.462 e. The van der Waals surface area contributed by atoms with Gasteiger partial charge in [0.2, 0.25) is 0 Å². The molecule has 3 nitrogen and oxygen atoms in total. The standard InChI is InChI=1S/C30H44O3/c1-18(2)19(3)8-9-20(4)24-10-11-25-28-26(13-15-30(24,25)7)29(6)14-12-23(33-21(5)31)16-22(29)17-27(28)32/h8-9,17-20,23-25H,10-16H2,1-7H3. The molecule has 0 aromatic rings.